The lowest BCUT2D eigenvalue weighted by Crippen LogP contribution is -2.33. The first-order valence-electron chi connectivity index (χ1n) is 8.60. The third-order valence-corrected chi connectivity index (χ3v) is 6.66. The number of halogens is 3. The van der Waals surface area contributed by atoms with Crippen molar-refractivity contribution in [3.8, 4) is 0 Å². The molecule has 0 radical (unpaired) electrons. The maximum absolute atomic E-state index is 12.5. The monoisotopic (exact) mass is 433 g/mol. The van der Waals surface area contributed by atoms with Crippen molar-refractivity contribution in [3.63, 3.8) is 0 Å². The normalized spacial score (nSPS) is 15.0. The predicted octanol–water partition coefficient (Wildman–Crippen LogP) is 3.50. The number of aromatic nitrogens is 1. The highest BCUT2D eigenvalue weighted by atomic mass is 32.2. The van der Waals surface area contributed by atoms with Crippen LogP contribution in [-0.4, -0.2) is 32.0 Å². The van der Waals surface area contributed by atoms with Crippen LogP contribution in [-0.2, 0) is 22.9 Å². The molecule has 1 aromatic heterocycles. The summed E-state index contributed by atoms with van der Waals surface area (Å²) in [6.45, 7) is -1.68. The largest absolute Gasteiger partial charge is 0.402 e. The topological polar surface area (TPSA) is 88.2 Å². The molecular formula is C17H18F3N3O3S2. The van der Waals surface area contributed by atoms with E-state index in [1.807, 2.05) is 0 Å². The number of amides is 1. The molecule has 0 unspecified atom stereocenters. The van der Waals surface area contributed by atoms with Gasteiger partial charge in [0.15, 0.2) is 5.13 Å². The summed E-state index contributed by atoms with van der Waals surface area (Å²) in [6, 6.07) is 4.85. The molecule has 1 aliphatic carbocycles. The van der Waals surface area contributed by atoms with E-state index in [1.54, 1.807) is 0 Å². The lowest BCUT2D eigenvalue weighted by Gasteiger charge is -2.10. The van der Waals surface area contributed by atoms with Gasteiger partial charge in [-0.25, -0.2) is 18.1 Å². The second-order valence-corrected chi connectivity index (χ2v) is 9.22. The Hall–Kier alpha value is -1.98. The molecule has 0 saturated carbocycles. The minimum Gasteiger partial charge on any atom is -0.298 e. The molecule has 3 rings (SSSR count). The Balaban J connectivity index is 1.74. The number of hydrogen-bond acceptors (Lipinski definition) is 5. The van der Waals surface area contributed by atoms with Gasteiger partial charge in [-0.3, -0.25) is 10.1 Å². The number of anilines is 1. The van der Waals surface area contributed by atoms with Gasteiger partial charge in [-0.2, -0.15) is 13.2 Å². The van der Waals surface area contributed by atoms with Gasteiger partial charge < -0.3 is 0 Å². The van der Waals surface area contributed by atoms with Gasteiger partial charge >= 0.3 is 6.18 Å². The number of thiazole rings is 1. The van der Waals surface area contributed by atoms with E-state index in [1.165, 1.54) is 28.2 Å². The summed E-state index contributed by atoms with van der Waals surface area (Å²) in [7, 11) is -4.39. The van der Waals surface area contributed by atoms with E-state index >= 15 is 0 Å². The van der Waals surface area contributed by atoms with Gasteiger partial charge in [-0.05, 0) is 43.9 Å². The van der Waals surface area contributed by atoms with Crippen LogP contribution in [0.4, 0.5) is 18.3 Å². The van der Waals surface area contributed by atoms with Crippen LogP contribution in [0.15, 0.2) is 29.2 Å². The number of alkyl halides is 3. The molecule has 2 aromatic rings. The Morgan fingerprint density at radius 2 is 1.93 bits per heavy atom. The van der Waals surface area contributed by atoms with Gasteiger partial charge in [0.05, 0.1) is 10.6 Å². The summed E-state index contributed by atoms with van der Waals surface area (Å²) >= 11 is 1.39. The van der Waals surface area contributed by atoms with Gasteiger partial charge in [0, 0.05) is 10.4 Å². The van der Waals surface area contributed by atoms with Crippen LogP contribution in [0.3, 0.4) is 0 Å². The molecule has 0 aliphatic heterocycles. The van der Waals surface area contributed by atoms with E-state index in [0.29, 0.717) is 5.13 Å². The summed E-state index contributed by atoms with van der Waals surface area (Å²) < 4.78 is 62.4. The molecular weight excluding hydrogens is 415 g/mol. The summed E-state index contributed by atoms with van der Waals surface area (Å²) in [5.74, 6) is -0.572. The zero-order chi connectivity index (χ0) is 20.4. The number of sulfonamides is 1. The van der Waals surface area contributed by atoms with Gasteiger partial charge in [0.25, 0.3) is 5.91 Å². The van der Waals surface area contributed by atoms with E-state index in [-0.39, 0.29) is 5.56 Å². The van der Waals surface area contributed by atoms with Gasteiger partial charge in [-0.1, -0.05) is 12.5 Å². The van der Waals surface area contributed by atoms with Gasteiger partial charge in [-0.15, -0.1) is 11.3 Å². The Bertz CT molecular complexity index is 948. The van der Waals surface area contributed by atoms with E-state index < -0.39 is 33.5 Å². The number of fused-ring (bicyclic) bond motifs is 1. The van der Waals surface area contributed by atoms with Crippen molar-refractivity contribution < 1.29 is 26.4 Å². The average molecular weight is 433 g/mol. The molecule has 0 bridgehead atoms. The lowest BCUT2D eigenvalue weighted by molar-refractivity contribution is -0.121. The van der Waals surface area contributed by atoms with E-state index in [2.05, 4.69) is 10.3 Å². The maximum Gasteiger partial charge on any atom is 0.402 e. The summed E-state index contributed by atoms with van der Waals surface area (Å²) in [5.41, 5.74) is 0.991. The lowest BCUT2D eigenvalue weighted by atomic mass is 10.2. The molecule has 1 aromatic carbocycles. The van der Waals surface area contributed by atoms with Gasteiger partial charge in [0.2, 0.25) is 10.0 Å². The fraction of sp³-hybridized carbons (Fsp3) is 0.412. The number of aryl methyl sites for hydroxylation is 2. The smallest absolute Gasteiger partial charge is 0.298 e. The fourth-order valence-electron chi connectivity index (χ4n) is 2.82. The highest BCUT2D eigenvalue weighted by Crippen LogP contribution is 2.29. The van der Waals surface area contributed by atoms with E-state index in [9.17, 15) is 26.4 Å². The number of rotatable bonds is 5. The predicted molar refractivity (Wildman–Crippen MR) is 99.0 cm³/mol. The molecule has 152 valence electrons. The van der Waals surface area contributed by atoms with Crippen molar-refractivity contribution >= 4 is 32.4 Å². The van der Waals surface area contributed by atoms with Crippen molar-refractivity contribution in [3.05, 3.63) is 40.4 Å². The van der Waals surface area contributed by atoms with Crippen molar-refractivity contribution in [1.29, 1.82) is 0 Å². The number of nitrogens with zero attached hydrogens (tertiary/aromatic N) is 1. The Morgan fingerprint density at radius 1 is 1.18 bits per heavy atom. The molecule has 1 heterocycles. The first-order valence-corrected chi connectivity index (χ1v) is 10.9. The highest BCUT2D eigenvalue weighted by Gasteiger charge is 2.30. The van der Waals surface area contributed by atoms with Crippen LogP contribution in [0.1, 0.15) is 40.2 Å². The molecule has 0 saturated heterocycles. The first kappa shape index (κ1) is 20.7. The van der Waals surface area contributed by atoms with Crippen LogP contribution >= 0.6 is 11.3 Å². The molecule has 1 aliphatic rings. The SMILES string of the molecule is O=C(Nc1nc2c(s1)CCCCC2)c1cccc(S(=O)(=O)NCC(F)(F)F)c1. The van der Waals surface area contributed by atoms with E-state index in [0.717, 1.165) is 54.8 Å². The van der Waals surface area contributed by atoms with Crippen LogP contribution in [0.5, 0.6) is 0 Å². The molecule has 0 spiro atoms. The third kappa shape index (κ3) is 5.30. The Morgan fingerprint density at radius 3 is 2.68 bits per heavy atom. The summed E-state index contributed by atoms with van der Waals surface area (Å²) in [4.78, 5) is 17.6. The average Bonchev–Trinajstić information content (AvgIpc) is 2.88. The second kappa shape index (κ2) is 8.18. The summed E-state index contributed by atoms with van der Waals surface area (Å²) in [5, 5.41) is 3.07. The van der Waals surface area contributed by atoms with E-state index in [4.69, 9.17) is 0 Å². The number of benzene rings is 1. The van der Waals surface area contributed by atoms with Gasteiger partial charge in [0.1, 0.15) is 6.54 Å². The fourth-order valence-corrected chi connectivity index (χ4v) is 4.92. The molecule has 0 fully saturated rings. The van der Waals surface area contributed by atoms with Crippen LogP contribution in [0.2, 0.25) is 0 Å². The van der Waals surface area contributed by atoms with Crippen molar-refractivity contribution in [1.82, 2.24) is 9.71 Å². The van der Waals surface area contributed by atoms with Crippen molar-refractivity contribution in [2.75, 3.05) is 11.9 Å². The molecule has 1 amide bonds. The van der Waals surface area contributed by atoms with Crippen LogP contribution < -0.4 is 10.0 Å². The first-order chi connectivity index (χ1) is 13.1. The number of nitrogens with one attached hydrogen (secondary N) is 2. The molecule has 11 heteroatoms. The highest BCUT2D eigenvalue weighted by molar-refractivity contribution is 7.89. The Labute approximate surface area is 164 Å². The minimum absolute atomic E-state index is 0.0141. The third-order valence-electron chi connectivity index (χ3n) is 4.19. The minimum atomic E-state index is -4.68. The van der Waals surface area contributed by atoms with Crippen LogP contribution in [0.25, 0.3) is 0 Å². The van der Waals surface area contributed by atoms with Crippen molar-refractivity contribution in [2.45, 2.75) is 43.2 Å². The van der Waals surface area contributed by atoms with Crippen molar-refractivity contribution in [2.24, 2.45) is 0 Å². The molecule has 0 atom stereocenters. The maximum atomic E-state index is 12.5. The number of carbonyl (C=O) groups excluding carboxylic acids is 1. The molecule has 28 heavy (non-hydrogen) atoms. The van der Waals surface area contributed by atoms with Crippen LogP contribution in [0, 0.1) is 0 Å². The molecule has 6 nitrogen and oxygen atoms in total. The Kier molecular flexibility index (Phi) is 6.06. The second-order valence-electron chi connectivity index (χ2n) is 6.37. The molecule has 2 N–H and O–H groups in total. The number of carbonyl (C=O) groups is 1. The zero-order valence-electron chi connectivity index (χ0n) is 14.7. The zero-order valence-corrected chi connectivity index (χ0v) is 16.3. The number of hydrogen-bond donors (Lipinski definition) is 2. The quantitative estimate of drug-likeness (QED) is 0.707. The standard InChI is InChI=1S/C17H18F3N3O3S2/c18-17(19,20)10-21-28(25,26)12-6-4-5-11(9-12)15(24)23-16-22-13-7-2-1-3-8-14(13)27-16/h4-6,9,21H,1-3,7-8,10H2,(H,22,23,24). The summed E-state index contributed by atoms with van der Waals surface area (Å²) in [6.07, 6.45) is 0.378.